The van der Waals surface area contributed by atoms with Crippen molar-refractivity contribution in [2.75, 3.05) is 18.0 Å². The Morgan fingerprint density at radius 2 is 2.10 bits per heavy atom. The average Bonchev–Trinajstić information content (AvgIpc) is 3.22. The van der Waals surface area contributed by atoms with Crippen LogP contribution in [0.2, 0.25) is 5.02 Å². The highest BCUT2D eigenvalue weighted by Gasteiger charge is 2.36. The van der Waals surface area contributed by atoms with Gasteiger partial charge in [0.25, 0.3) is 0 Å². The molecular weight excluding hydrogens is 402 g/mol. The first-order valence-electron chi connectivity index (χ1n) is 9.54. The molecule has 2 unspecified atom stereocenters. The molecule has 1 saturated heterocycles. The van der Waals surface area contributed by atoms with Gasteiger partial charge in [-0.15, -0.1) is 0 Å². The molecule has 1 aromatic heterocycles. The Kier molecular flexibility index (Phi) is 5.81. The molecule has 0 spiro atoms. The minimum absolute atomic E-state index is 0.220. The molecule has 1 fully saturated rings. The molecule has 1 amide bonds. The third kappa shape index (κ3) is 4.07. The molecular formula is C22H20ClN5O2. The molecule has 1 aliphatic heterocycles. The Labute approximate surface area is 179 Å². The largest absolute Gasteiger partial charge is 0.385 e. The molecule has 3 aromatic rings. The van der Waals surface area contributed by atoms with Crippen molar-refractivity contribution < 1.29 is 9.90 Å². The molecule has 2 heterocycles. The summed E-state index contributed by atoms with van der Waals surface area (Å²) in [6.45, 7) is 1.51. The van der Waals surface area contributed by atoms with Crippen LogP contribution in [0.25, 0.3) is 0 Å². The fourth-order valence-corrected chi connectivity index (χ4v) is 3.79. The van der Waals surface area contributed by atoms with E-state index in [4.69, 9.17) is 16.9 Å². The number of carbonyl (C=O) groups excluding carboxylic acids is 1. The summed E-state index contributed by atoms with van der Waals surface area (Å²) in [4.78, 5) is 18.9. The SMILES string of the molecule is N#Cc1ccc(Cn2cncc2C(O)C2NCCN(c3cccc(Cl)c3)C2=O)cc1. The van der Waals surface area contributed by atoms with Crippen molar-refractivity contribution in [3.8, 4) is 6.07 Å². The van der Waals surface area contributed by atoms with Crippen LogP contribution in [-0.2, 0) is 11.3 Å². The number of imidazole rings is 1. The van der Waals surface area contributed by atoms with E-state index in [1.807, 2.05) is 18.2 Å². The number of anilines is 1. The van der Waals surface area contributed by atoms with E-state index < -0.39 is 12.1 Å². The maximum atomic E-state index is 13.1. The van der Waals surface area contributed by atoms with Gasteiger partial charge in [-0.1, -0.05) is 29.8 Å². The lowest BCUT2D eigenvalue weighted by Crippen LogP contribution is -2.57. The molecule has 2 aromatic carbocycles. The number of hydrogen-bond donors (Lipinski definition) is 2. The molecule has 0 saturated carbocycles. The predicted molar refractivity (Wildman–Crippen MR) is 113 cm³/mol. The zero-order chi connectivity index (χ0) is 21.1. The lowest BCUT2D eigenvalue weighted by molar-refractivity contribution is -0.124. The molecule has 4 rings (SSSR count). The zero-order valence-electron chi connectivity index (χ0n) is 16.1. The molecule has 30 heavy (non-hydrogen) atoms. The highest BCUT2D eigenvalue weighted by atomic mass is 35.5. The van der Waals surface area contributed by atoms with Gasteiger partial charge in [0.1, 0.15) is 12.1 Å². The first kappa shape index (κ1) is 20.1. The van der Waals surface area contributed by atoms with Gasteiger partial charge in [-0.3, -0.25) is 4.79 Å². The number of amides is 1. The van der Waals surface area contributed by atoms with E-state index in [0.29, 0.717) is 41.6 Å². The number of halogens is 1. The predicted octanol–water partition coefficient (Wildman–Crippen LogP) is 2.49. The summed E-state index contributed by atoms with van der Waals surface area (Å²) in [6, 6.07) is 15.6. The lowest BCUT2D eigenvalue weighted by atomic mass is 10.0. The number of carbonyl (C=O) groups is 1. The smallest absolute Gasteiger partial charge is 0.247 e. The van der Waals surface area contributed by atoms with Crippen LogP contribution in [-0.4, -0.2) is 39.7 Å². The van der Waals surface area contributed by atoms with Crippen LogP contribution in [0.5, 0.6) is 0 Å². The zero-order valence-corrected chi connectivity index (χ0v) is 16.8. The van der Waals surface area contributed by atoms with E-state index in [0.717, 1.165) is 5.56 Å². The molecule has 2 atom stereocenters. The molecule has 1 aliphatic rings. The summed E-state index contributed by atoms with van der Waals surface area (Å²) in [7, 11) is 0. The topological polar surface area (TPSA) is 94.2 Å². The summed E-state index contributed by atoms with van der Waals surface area (Å²) in [5, 5.41) is 23.6. The summed E-state index contributed by atoms with van der Waals surface area (Å²) >= 11 is 6.08. The second-order valence-corrected chi connectivity index (χ2v) is 7.54. The fraction of sp³-hybridized carbons (Fsp3) is 0.227. The van der Waals surface area contributed by atoms with Crippen molar-refractivity contribution in [2.24, 2.45) is 0 Å². The van der Waals surface area contributed by atoms with Crippen molar-refractivity contribution in [3.05, 3.63) is 82.9 Å². The molecule has 2 N–H and O–H groups in total. The molecule has 0 bridgehead atoms. The first-order chi connectivity index (χ1) is 14.6. The van der Waals surface area contributed by atoms with Gasteiger partial charge in [0, 0.05) is 30.3 Å². The van der Waals surface area contributed by atoms with Crippen LogP contribution in [0.1, 0.15) is 22.9 Å². The van der Waals surface area contributed by atoms with Crippen LogP contribution in [0, 0.1) is 11.3 Å². The molecule has 0 radical (unpaired) electrons. The summed E-state index contributed by atoms with van der Waals surface area (Å²) < 4.78 is 1.80. The minimum Gasteiger partial charge on any atom is -0.385 e. The van der Waals surface area contributed by atoms with Crippen LogP contribution < -0.4 is 10.2 Å². The fourth-order valence-electron chi connectivity index (χ4n) is 3.61. The van der Waals surface area contributed by atoms with Crippen LogP contribution in [0.4, 0.5) is 5.69 Å². The number of rotatable bonds is 5. The van der Waals surface area contributed by atoms with Crippen molar-refractivity contribution >= 4 is 23.2 Å². The summed E-state index contributed by atoms with van der Waals surface area (Å²) in [5.41, 5.74) is 2.79. The lowest BCUT2D eigenvalue weighted by Gasteiger charge is -2.35. The highest BCUT2D eigenvalue weighted by molar-refractivity contribution is 6.30. The van der Waals surface area contributed by atoms with Gasteiger partial charge < -0.3 is 19.9 Å². The van der Waals surface area contributed by atoms with Crippen molar-refractivity contribution in [2.45, 2.75) is 18.7 Å². The van der Waals surface area contributed by atoms with Gasteiger partial charge in [-0.25, -0.2) is 4.98 Å². The van der Waals surface area contributed by atoms with E-state index >= 15 is 0 Å². The Hall–Kier alpha value is -3.18. The second kappa shape index (κ2) is 8.67. The van der Waals surface area contributed by atoms with E-state index in [1.165, 1.54) is 0 Å². The van der Waals surface area contributed by atoms with Crippen molar-refractivity contribution in [3.63, 3.8) is 0 Å². The number of nitriles is 1. The van der Waals surface area contributed by atoms with E-state index in [-0.39, 0.29) is 5.91 Å². The Bertz CT molecular complexity index is 1090. The van der Waals surface area contributed by atoms with Crippen LogP contribution >= 0.6 is 11.6 Å². The van der Waals surface area contributed by atoms with E-state index in [1.54, 1.807) is 52.3 Å². The minimum atomic E-state index is -1.07. The number of piperazine rings is 1. The number of nitrogens with zero attached hydrogens (tertiary/aromatic N) is 4. The second-order valence-electron chi connectivity index (χ2n) is 7.10. The Morgan fingerprint density at radius 3 is 2.83 bits per heavy atom. The number of aliphatic hydroxyl groups excluding tert-OH is 1. The van der Waals surface area contributed by atoms with Gasteiger partial charge in [-0.05, 0) is 35.9 Å². The number of hydrogen-bond acceptors (Lipinski definition) is 5. The Balaban J connectivity index is 1.54. The third-order valence-corrected chi connectivity index (χ3v) is 5.39. The average molecular weight is 422 g/mol. The van der Waals surface area contributed by atoms with Gasteiger partial charge >= 0.3 is 0 Å². The molecule has 0 aliphatic carbocycles. The van der Waals surface area contributed by atoms with Gasteiger partial charge in [-0.2, -0.15) is 5.26 Å². The summed E-state index contributed by atoms with van der Waals surface area (Å²) in [6.07, 6.45) is 2.13. The van der Waals surface area contributed by atoms with Gasteiger partial charge in [0.05, 0.1) is 29.9 Å². The molecule has 152 valence electrons. The Morgan fingerprint density at radius 1 is 1.30 bits per heavy atom. The number of nitrogens with one attached hydrogen (secondary N) is 1. The van der Waals surface area contributed by atoms with Gasteiger partial charge in [0.2, 0.25) is 5.91 Å². The van der Waals surface area contributed by atoms with Crippen molar-refractivity contribution in [1.82, 2.24) is 14.9 Å². The van der Waals surface area contributed by atoms with Crippen LogP contribution in [0.15, 0.2) is 61.1 Å². The van der Waals surface area contributed by atoms with E-state index in [9.17, 15) is 9.90 Å². The highest BCUT2D eigenvalue weighted by Crippen LogP contribution is 2.26. The first-order valence-corrected chi connectivity index (χ1v) is 9.92. The standard InChI is InChI=1S/C22H20ClN5O2/c23-17-2-1-3-18(10-17)28-9-8-26-20(22(28)30)21(29)19-12-25-14-27(19)13-16-6-4-15(11-24)5-7-16/h1-7,10,12,14,20-21,26,29H,8-9,13H2. The van der Waals surface area contributed by atoms with Crippen LogP contribution in [0.3, 0.4) is 0 Å². The van der Waals surface area contributed by atoms with Crippen molar-refractivity contribution in [1.29, 1.82) is 5.26 Å². The normalized spacial score (nSPS) is 17.6. The number of aliphatic hydroxyl groups is 1. The quantitative estimate of drug-likeness (QED) is 0.660. The molecule has 8 heteroatoms. The molecule has 7 nitrogen and oxygen atoms in total. The maximum absolute atomic E-state index is 13.1. The van der Waals surface area contributed by atoms with Gasteiger partial charge in [0.15, 0.2) is 0 Å². The summed E-state index contributed by atoms with van der Waals surface area (Å²) in [5.74, 6) is -0.220. The maximum Gasteiger partial charge on any atom is 0.247 e. The number of aromatic nitrogens is 2. The third-order valence-electron chi connectivity index (χ3n) is 5.15. The van der Waals surface area contributed by atoms with E-state index in [2.05, 4.69) is 16.4 Å². The monoisotopic (exact) mass is 421 g/mol. The number of benzene rings is 2.